The lowest BCUT2D eigenvalue weighted by Gasteiger charge is -2.26. The van der Waals surface area contributed by atoms with E-state index in [9.17, 15) is 9.59 Å². The molecule has 1 fully saturated rings. The van der Waals surface area contributed by atoms with Gasteiger partial charge in [0.25, 0.3) is 0 Å². The Balaban J connectivity index is 1.49. The zero-order valence-corrected chi connectivity index (χ0v) is 13.4. The van der Waals surface area contributed by atoms with Crippen molar-refractivity contribution < 1.29 is 9.59 Å². The van der Waals surface area contributed by atoms with Gasteiger partial charge in [-0.05, 0) is 37.5 Å². The monoisotopic (exact) mass is 314 g/mol. The highest BCUT2D eigenvalue weighted by atomic mass is 16.2. The van der Waals surface area contributed by atoms with Crippen molar-refractivity contribution in [2.45, 2.75) is 32.6 Å². The molecular formula is C17H22N4O2. The molecule has 2 amide bonds. The molecule has 1 aromatic heterocycles. The van der Waals surface area contributed by atoms with Crippen molar-refractivity contribution in [3.05, 3.63) is 29.6 Å². The number of piperidine rings is 1. The smallest absolute Gasteiger partial charge is 0.224 e. The average molecular weight is 314 g/mol. The van der Waals surface area contributed by atoms with Gasteiger partial charge in [-0.25, -0.2) is 4.98 Å². The Bertz CT molecular complexity index is 722. The maximum Gasteiger partial charge on any atom is 0.224 e. The summed E-state index contributed by atoms with van der Waals surface area (Å²) in [5.41, 5.74) is 2.81. The molecule has 1 aromatic carbocycles. The second-order valence-corrected chi connectivity index (χ2v) is 6.04. The molecule has 0 saturated carbocycles. The molecule has 23 heavy (non-hydrogen) atoms. The first-order chi connectivity index (χ1) is 11.1. The molecule has 2 heterocycles. The lowest BCUT2D eigenvalue weighted by Crippen LogP contribution is -2.41. The van der Waals surface area contributed by atoms with Crippen LogP contribution in [0.4, 0.5) is 0 Å². The summed E-state index contributed by atoms with van der Waals surface area (Å²) >= 11 is 0. The minimum absolute atomic E-state index is 0.0231. The molecule has 0 aliphatic carbocycles. The standard InChI is InChI=1S/C17H22N4O2/c1-12-19-14-6-5-13(10-15(14)20-12)11-16(22)18-7-9-21-8-3-2-4-17(21)23/h5-6,10H,2-4,7-9,11H2,1H3,(H,18,22)(H,19,20). The Morgan fingerprint density at radius 1 is 1.39 bits per heavy atom. The minimum Gasteiger partial charge on any atom is -0.354 e. The van der Waals surface area contributed by atoms with Gasteiger partial charge < -0.3 is 15.2 Å². The fraction of sp³-hybridized carbons (Fsp3) is 0.471. The van der Waals surface area contributed by atoms with Gasteiger partial charge in [-0.15, -0.1) is 0 Å². The number of fused-ring (bicyclic) bond motifs is 1. The van der Waals surface area contributed by atoms with Crippen LogP contribution in [0.2, 0.25) is 0 Å². The molecule has 0 unspecified atom stereocenters. The molecular weight excluding hydrogens is 292 g/mol. The molecule has 0 radical (unpaired) electrons. The van der Waals surface area contributed by atoms with E-state index in [2.05, 4.69) is 15.3 Å². The summed E-state index contributed by atoms with van der Waals surface area (Å²) in [6.07, 6.45) is 3.01. The van der Waals surface area contributed by atoms with E-state index < -0.39 is 0 Å². The number of amides is 2. The number of imidazole rings is 1. The van der Waals surface area contributed by atoms with Gasteiger partial charge in [-0.2, -0.15) is 0 Å². The first kappa shape index (κ1) is 15.5. The Kier molecular flexibility index (Phi) is 4.60. The van der Waals surface area contributed by atoms with Crippen LogP contribution < -0.4 is 5.32 Å². The van der Waals surface area contributed by atoms with Crippen LogP contribution in [0, 0.1) is 6.92 Å². The van der Waals surface area contributed by atoms with Crippen LogP contribution in [-0.4, -0.2) is 46.3 Å². The van der Waals surface area contributed by atoms with Crippen molar-refractivity contribution in [1.82, 2.24) is 20.2 Å². The molecule has 122 valence electrons. The largest absolute Gasteiger partial charge is 0.354 e. The number of aryl methyl sites for hydroxylation is 1. The van der Waals surface area contributed by atoms with Gasteiger partial charge in [0.2, 0.25) is 11.8 Å². The van der Waals surface area contributed by atoms with Gasteiger partial charge >= 0.3 is 0 Å². The summed E-state index contributed by atoms with van der Waals surface area (Å²) < 4.78 is 0. The maximum absolute atomic E-state index is 12.0. The normalized spacial score (nSPS) is 15.2. The topological polar surface area (TPSA) is 78.1 Å². The van der Waals surface area contributed by atoms with Gasteiger partial charge in [0.15, 0.2) is 0 Å². The second-order valence-electron chi connectivity index (χ2n) is 6.04. The number of carbonyl (C=O) groups is 2. The second kappa shape index (κ2) is 6.81. The van der Waals surface area contributed by atoms with Crippen LogP contribution in [0.1, 0.15) is 30.7 Å². The summed E-state index contributed by atoms with van der Waals surface area (Å²) in [4.78, 5) is 33.1. The van der Waals surface area contributed by atoms with Crippen LogP contribution in [0.25, 0.3) is 11.0 Å². The lowest BCUT2D eigenvalue weighted by molar-refractivity contribution is -0.133. The molecule has 0 atom stereocenters. The Hall–Kier alpha value is -2.37. The van der Waals surface area contributed by atoms with Crippen molar-refractivity contribution in [3.63, 3.8) is 0 Å². The number of hydrogen-bond acceptors (Lipinski definition) is 3. The van der Waals surface area contributed by atoms with Crippen LogP contribution in [0.15, 0.2) is 18.2 Å². The van der Waals surface area contributed by atoms with E-state index in [-0.39, 0.29) is 11.8 Å². The van der Waals surface area contributed by atoms with Crippen LogP contribution in [0.3, 0.4) is 0 Å². The molecule has 2 N–H and O–H groups in total. The van der Waals surface area contributed by atoms with E-state index in [1.54, 1.807) is 0 Å². The number of rotatable bonds is 5. The summed E-state index contributed by atoms with van der Waals surface area (Å²) in [5, 5.41) is 2.89. The quantitative estimate of drug-likeness (QED) is 0.879. The Labute approximate surface area is 135 Å². The first-order valence-electron chi connectivity index (χ1n) is 8.11. The molecule has 6 heteroatoms. The number of aromatic amines is 1. The number of benzene rings is 1. The fourth-order valence-corrected chi connectivity index (χ4v) is 2.97. The number of carbonyl (C=O) groups excluding carboxylic acids is 2. The van der Waals surface area contributed by atoms with Crippen molar-refractivity contribution in [1.29, 1.82) is 0 Å². The molecule has 6 nitrogen and oxygen atoms in total. The number of likely N-dealkylation sites (tertiary alicyclic amines) is 1. The number of H-pyrrole nitrogens is 1. The highest BCUT2D eigenvalue weighted by Gasteiger charge is 2.17. The number of nitrogens with one attached hydrogen (secondary N) is 2. The van der Waals surface area contributed by atoms with Gasteiger partial charge in [0.1, 0.15) is 5.82 Å². The van der Waals surface area contributed by atoms with E-state index in [1.807, 2.05) is 30.0 Å². The molecule has 2 aromatic rings. The summed E-state index contributed by atoms with van der Waals surface area (Å²) in [6, 6.07) is 5.81. The molecule has 1 aliphatic heterocycles. The first-order valence-corrected chi connectivity index (χ1v) is 8.11. The van der Waals surface area contributed by atoms with Crippen LogP contribution >= 0.6 is 0 Å². The third-order valence-corrected chi connectivity index (χ3v) is 4.15. The van der Waals surface area contributed by atoms with Crippen molar-refractivity contribution in [2.24, 2.45) is 0 Å². The van der Waals surface area contributed by atoms with E-state index >= 15 is 0 Å². The third-order valence-electron chi connectivity index (χ3n) is 4.15. The van der Waals surface area contributed by atoms with E-state index in [4.69, 9.17) is 0 Å². The van der Waals surface area contributed by atoms with Gasteiger partial charge in [0.05, 0.1) is 17.5 Å². The SMILES string of the molecule is Cc1nc2ccc(CC(=O)NCCN3CCCCC3=O)cc2[nH]1. The molecule has 1 saturated heterocycles. The number of nitrogens with zero attached hydrogens (tertiary/aromatic N) is 2. The predicted octanol–water partition coefficient (Wildman–Crippen LogP) is 1.54. The van der Waals surface area contributed by atoms with Crippen molar-refractivity contribution in [2.75, 3.05) is 19.6 Å². The molecule has 0 bridgehead atoms. The molecule has 1 aliphatic rings. The summed E-state index contributed by atoms with van der Waals surface area (Å²) in [5.74, 6) is 1.04. The third kappa shape index (κ3) is 3.88. The molecule has 0 spiro atoms. The predicted molar refractivity (Wildman–Crippen MR) is 88.0 cm³/mol. The average Bonchev–Trinajstić information content (AvgIpc) is 2.88. The van der Waals surface area contributed by atoms with Crippen molar-refractivity contribution >= 4 is 22.8 Å². The zero-order valence-electron chi connectivity index (χ0n) is 13.4. The van der Waals surface area contributed by atoms with Gasteiger partial charge in [-0.3, -0.25) is 9.59 Å². The highest BCUT2D eigenvalue weighted by Crippen LogP contribution is 2.14. The van der Waals surface area contributed by atoms with Crippen LogP contribution in [-0.2, 0) is 16.0 Å². The van der Waals surface area contributed by atoms with Gasteiger partial charge in [-0.1, -0.05) is 6.07 Å². The van der Waals surface area contributed by atoms with Gasteiger partial charge in [0, 0.05) is 26.1 Å². The lowest BCUT2D eigenvalue weighted by atomic mass is 10.1. The van der Waals surface area contributed by atoms with Crippen LogP contribution in [0.5, 0.6) is 0 Å². The van der Waals surface area contributed by atoms with E-state index in [0.717, 1.165) is 41.8 Å². The molecule has 3 rings (SSSR count). The Morgan fingerprint density at radius 3 is 3.09 bits per heavy atom. The van der Waals surface area contributed by atoms with E-state index in [0.29, 0.717) is 25.9 Å². The fourth-order valence-electron chi connectivity index (χ4n) is 2.97. The summed E-state index contributed by atoms with van der Waals surface area (Å²) in [6.45, 7) is 3.83. The number of aromatic nitrogens is 2. The maximum atomic E-state index is 12.0. The minimum atomic E-state index is -0.0231. The Morgan fingerprint density at radius 2 is 2.26 bits per heavy atom. The number of hydrogen-bond donors (Lipinski definition) is 2. The zero-order chi connectivity index (χ0) is 16.2. The van der Waals surface area contributed by atoms with Crippen molar-refractivity contribution in [3.8, 4) is 0 Å². The van der Waals surface area contributed by atoms with E-state index in [1.165, 1.54) is 0 Å². The highest BCUT2D eigenvalue weighted by molar-refractivity contribution is 5.82. The summed E-state index contributed by atoms with van der Waals surface area (Å²) in [7, 11) is 0.